The van der Waals surface area contributed by atoms with Gasteiger partial charge in [0.2, 0.25) is 5.91 Å². The van der Waals surface area contributed by atoms with Crippen LogP contribution >= 0.6 is 0 Å². The standard InChI is InChI=1S/C17H18F2N4O/c1-10(2)16-20-8-6-14(22-16)21-13-7-9-23(17(13)24)15-11(18)4-3-5-12(15)19/h3-6,8,10,13H,7,9H2,1-2H3,(H,20,21,22). The molecule has 0 spiro atoms. The predicted octanol–water partition coefficient (Wildman–Crippen LogP) is 3.10. The summed E-state index contributed by atoms with van der Waals surface area (Å²) < 4.78 is 27.8. The van der Waals surface area contributed by atoms with Gasteiger partial charge in [0.05, 0.1) is 0 Å². The molecule has 1 aromatic heterocycles. The van der Waals surface area contributed by atoms with Crippen molar-refractivity contribution in [2.45, 2.75) is 32.2 Å². The zero-order chi connectivity index (χ0) is 17.3. The van der Waals surface area contributed by atoms with Gasteiger partial charge in [-0.1, -0.05) is 19.9 Å². The Morgan fingerprint density at radius 3 is 2.62 bits per heavy atom. The number of benzene rings is 1. The van der Waals surface area contributed by atoms with E-state index in [4.69, 9.17) is 0 Å². The number of hydrogen-bond donors (Lipinski definition) is 1. The van der Waals surface area contributed by atoms with Crippen molar-refractivity contribution in [1.82, 2.24) is 9.97 Å². The molecule has 1 aliphatic heterocycles. The van der Waals surface area contributed by atoms with Gasteiger partial charge in [-0.15, -0.1) is 0 Å². The first-order valence-electron chi connectivity index (χ1n) is 7.82. The summed E-state index contributed by atoms with van der Waals surface area (Å²) in [4.78, 5) is 22.2. The molecule has 1 amide bonds. The third-order valence-corrected chi connectivity index (χ3v) is 3.93. The van der Waals surface area contributed by atoms with Crippen LogP contribution in [-0.2, 0) is 4.79 Å². The molecule has 1 unspecified atom stereocenters. The molecular formula is C17H18F2N4O. The molecule has 126 valence electrons. The lowest BCUT2D eigenvalue weighted by molar-refractivity contribution is -0.117. The lowest BCUT2D eigenvalue weighted by Crippen LogP contribution is -2.34. The summed E-state index contributed by atoms with van der Waals surface area (Å²) in [5.41, 5.74) is -0.294. The van der Waals surface area contributed by atoms with E-state index >= 15 is 0 Å². The van der Waals surface area contributed by atoms with Crippen molar-refractivity contribution in [3.8, 4) is 0 Å². The molecule has 3 rings (SSSR count). The van der Waals surface area contributed by atoms with Gasteiger partial charge in [0.25, 0.3) is 0 Å². The van der Waals surface area contributed by atoms with Crippen LogP contribution in [0.15, 0.2) is 30.5 Å². The summed E-state index contributed by atoms with van der Waals surface area (Å²) in [5, 5.41) is 3.04. The van der Waals surface area contributed by atoms with Crippen LogP contribution in [0.5, 0.6) is 0 Å². The van der Waals surface area contributed by atoms with Crippen LogP contribution in [0.2, 0.25) is 0 Å². The quantitative estimate of drug-likeness (QED) is 0.935. The topological polar surface area (TPSA) is 58.1 Å². The first-order valence-corrected chi connectivity index (χ1v) is 7.82. The van der Waals surface area contributed by atoms with Gasteiger partial charge in [0, 0.05) is 18.7 Å². The van der Waals surface area contributed by atoms with Crippen LogP contribution < -0.4 is 10.2 Å². The van der Waals surface area contributed by atoms with Gasteiger partial charge < -0.3 is 10.2 Å². The molecular weight excluding hydrogens is 314 g/mol. The number of carbonyl (C=O) groups excluding carboxylic acids is 1. The van der Waals surface area contributed by atoms with Gasteiger partial charge in [-0.25, -0.2) is 18.7 Å². The van der Waals surface area contributed by atoms with Crippen molar-refractivity contribution in [2.24, 2.45) is 0 Å². The molecule has 1 fully saturated rings. The van der Waals surface area contributed by atoms with Crippen LogP contribution in [0.4, 0.5) is 20.3 Å². The van der Waals surface area contributed by atoms with E-state index in [1.54, 1.807) is 12.3 Å². The maximum atomic E-state index is 13.9. The number of para-hydroxylation sites is 1. The van der Waals surface area contributed by atoms with Crippen LogP contribution in [0, 0.1) is 11.6 Å². The second kappa shape index (κ2) is 6.51. The number of nitrogens with one attached hydrogen (secondary N) is 1. The Hall–Kier alpha value is -2.57. The molecule has 0 radical (unpaired) electrons. The molecule has 24 heavy (non-hydrogen) atoms. The van der Waals surface area contributed by atoms with Crippen LogP contribution in [0.25, 0.3) is 0 Å². The molecule has 1 aromatic carbocycles. The fourth-order valence-corrected chi connectivity index (χ4v) is 2.69. The number of rotatable bonds is 4. The van der Waals surface area contributed by atoms with Gasteiger partial charge >= 0.3 is 0 Å². The highest BCUT2D eigenvalue weighted by molar-refractivity contribution is 6.01. The largest absolute Gasteiger partial charge is 0.358 e. The molecule has 2 heterocycles. The molecule has 1 aliphatic rings. The number of aromatic nitrogens is 2. The molecule has 0 bridgehead atoms. The molecule has 7 heteroatoms. The summed E-state index contributed by atoms with van der Waals surface area (Å²) in [7, 11) is 0. The zero-order valence-electron chi connectivity index (χ0n) is 13.5. The number of nitrogens with zero attached hydrogens (tertiary/aromatic N) is 3. The smallest absolute Gasteiger partial charge is 0.249 e. The Morgan fingerprint density at radius 2 is 1.96 bits per heavy atom. The maximum Gasteiger partial charge on any atom is 0.249 e. The number of anilines is 2. The monoisotopic (exact) mass is 332 g/mol. The van der Waals surface area contributed by atoms with E-state index in [1.165, 1.54) is 6.07 Å². The second-order valence-corrected chi connectivity index (χ2v) is 6.00. The summed E-state index contributed by atoms with van der Waals surface area (Å²) in [6, 6.07) is 4.67. The van der Waals surface area contributed by atoms with Crippen molar-refractivity contribution in [3.63, 3.8) is 0 Å². The van der Waals surface area contributed by atoms with Crippen molar-refractivity contribution >= 4 is 17.4 Å². The molecule has 5 nitrogen and oxygen atoms in total. The van der Waals surface area contributed by atoms with Crippen molar-refractivity contribution in [1.29, 1.82) is 0 Å². The Morgan fingerprint density at radius 1 is 1.25 bits per heavy atom. The van der Waals surface area contributed by atoms with Crippen LogP contribution in [0.3, 0.4) is 0 Å². The minimum Gasteiger partial charge on any atom is -0.358 e. The highest BCUT2D eigenvalue weighted by Crippen LogP contribution is 2.28. The first-order chi connectivity index (χ1) is 11.5. The average Bonchev–Trinajstić information content (AvgIpc) is 2.89. The van der Waals surface area contributed by atoms with Crippen LogP contribution in [-0.4, -0.2) is 28.5 Å². The van der Waals surface area contributed by atoms with E-state index in [2.05, 4.69) is 15.3 Å². The Bertz CT molecular complexity index is 746. The van der Waals surface area contributed by atoms with Crippen molar-refractivity contribution in [3.05, 3.63) is 47.9 Å². The Kier molecular flexibility index (Phi) is 4.42. The molecule has 1 N–H and O–H groups in total. The van der Waals surface area contributed by atoms with Gasteiger partial charge in [0.15, 0.2) is 0 Å². The van der Waals surface area contributed by atoms with Crippen molar-refractivity contribution < 1.29 is 13.6 Å². The van der Waals surface area contributed by atoms with Crippen molar-refractivity contribution in [2.75, 3.05) is 16.8 Å². The Labute approximate surface area is 138 Å². The fourth-order valence-electron chi connectivity index (χ4n) is 2.69. The number of hydrogen-bond acceptors (Lipinski definition) is 4. The van der Waals surface area contributed by atoms with Gasteiger partial charge in [0.1, 0.15) is 35.0 Å². The fraction of sp³-hybridized carbons (Fsp3) is 0.353. The maximum absolute atomic E-state index is 13.9. The summed E-state index contributed by atoms with van der Waals surface area (Å²) >= 11 is 0. The molecule has 2 aromatic rings. The normalized spacial score (nSPS) is 17.6. The third kappa shape index (κ3) is 3.06. The highest BCUT2D eigenvalue weighted by Gasteiger charge is 2.35. The molecule has 1 saturated heterocycles. The lowest BCUT2D eigenvalue weighted by Gasteiger charge is -2.19. The SMILES string of the molecule is CC(C)c1nccc(NC2CCN(c3c(F)cccc3F)C2=O)n1. The number of halogens is 2. The van der Waals surface area contributed by atoms with E-state index in [-0.39, 0.29) is 24.1 Å². The van der Waals surface area contributed by atoms with E-state index < -0.39 is 17.7 Å². The second-order valence-electron chi connectivity index (χ2n) is 6.00. The van der Waals surface area contributed by atoms with Gasteiger partial charge in [-0.05, 0) is 24.6 Å². The van der Waals surface area contributed by atoms with E-state index in [9.17, 15) is 13.6 Å². The number of carbonyl (C=O) groups is 1. The highest BCUT2D eigenvalue weighted by atomic mass is 19.1. The molecule has 0 saturated carbocycles. The van der Waals surface area contributed by atoms with Gasteiger partial charge in [-0.2, -0.15) is 0 Å². The minimum absolute atomic E-state index is 0.162. The average molecular weight is 332 g/mol. The van der Waals surface area contributed by atoms with E-state index in [1.807, 2.05) is 13.8 Å². The molecule has 1 atom stereocenters. The Balaban J connectivity index is 1.79. The predicted molar refractivity (Wildman–Crippen MR) is 86.9 cm³/mol. The summed E-state index contributed by atoms with van der Waals surface area (Å²) in [6.45, 7) is 4.20. The molecule has 0 aliphatic carbocycles. The first kappa shape index (κ1) is 16.3. The van der Waals surface area contributed by atoms with Gasteiger partial charge in [-0.3, -0.25) is 4.79 Å². The van der Waals surface area contributed by atoms with E-state index in [0.717, 1.165) is 17.0 Å². The number of amides is 1. The summed E-state index contributed by atoms with van der Waals surface area (Å²) in [6.07, 6.45) is 2.06. The zero-order valence-corrected chi connectivity index (χ0v) is 13.5. The summed E-state index contributed by atoms with van der Waals surface area (Å²) in [5.74, 6) is -0.495. The minimum atomic E-state index is -0.742. The third-order valence-electron chi connectivity index (χ3n) is 3.93. The van der Waals surface area contributed by atoms with Crippen LogP contribution in [0.1, 0.15) is 32.0 Å². The lowest BCUT2D eigenvalue weighted by atomic mass is 10.2. The van der Waals surface area contributed by atoms with E-state index in [0.29, 0.717) is 18.1 Å².